The Bertz CT molecular complexity index is 637. The highest BCUT2D eigenvalue weighted by molar-refractivity contribution is 9.10. The number of halogens is 1. The van der Waals surface area contributed by atoms with Gasteiger partial charge in [-0.3, -0.25) is 9.59 Å². The number of carbonyl (C=O) groups excluding carboxylic acids is 2. The lowest BCUT2D eigenvalue weighted by Gasteiger charge is -2.05. The molecule has 0 saturated heterocycles. The van der Waals surface area contributed by atoms with Crippen LogP contribution < -0.4 is 10.6 Å². The minimum atomic E-state index is -0.382. The predicted octanol–water partition coefficient (Wildman–Crippen LogP) is 2.50. The second-order valence-corrected chi connectivity index (χ2v) is 5.31. The molecule has 0 fully saturated rings. The SMILES string of the molecule is Cc1cc(C(=O)NCCC(=O)Nc2ccc(Br)cc2)on1. The van der Waals surface area contributed by atoms with E-state index in [9.17, 15) is 9.59 Å². The molecule has 1 heterocycles. The van der Waals surface area contributed by atoms with E-state index < -0.39 is 0 Å². The number of aryl methyl sites for hydroxylation is 1. The lowest BCUT2D eigenvalue weighted by Crippen LogP contribution is -2.27. The van der Waals surface area contributed by atoms with E-state index in [-0.39, 0.29) is 30.5 Å². The molecule has 0 aliphatic rings. The lowest BCUT2D eigenvalue weighted by atomic mass is 10.3. The van der Waals surface area contributed by atoms with Crippen molar-refractivity contribution in [2.75, 3.05) is 11.9 Å². The van der Waals surface area contributed by atoms with Gasteiger partial charge in [0.05, 0.1) is 5.69 Å². The molecule has 0 aliphatic heterocycles. The third kappa shape index (κ3) is 4.71. The van der Waals surface area contributed by atoms with Gasteiger partial charge in [-0.05, 0) is 31.2 Å². The summed E-state index contributed by atoms with van der Waals surface area (Å²) in [7, 11) is 0. The highest BCUT2D eigenvalue weighted by Gasteiger charge is 2.11. The molecule has 2 rings (SSSR count). The molecule has 0 bridgehead atoms. The Morgan fingerprint density at radius 1 is 1.29 bits per heavy atom. The van der Waals surface area contributed by atoms with Crippen LogP contribution in [-0.4, -0.2) is 23.5 Å². The summed E-state index contributed by atoms with van der Waals surface area (Å²) in [5.41, 5.74) is 1.34. The molecule has 0 aliphatic carbocycles. The van der Waals surface area contributed by atoms with Gasteiger partial charge < -0.3 is 15.2 Å². The van der Waals surface area contributed by atoms with Gasteiger partial charge in [0.2, 0.25) is 11.7 Å². The number of nitrogens with one attached hydrogen (secondary N) is 2. The molecule has 0 atom stereocenters. The molecule has 0 saturated carbocycles. The normalized spacial score (nSPS) is 10.2. The molecular weight excluding hydrogens is 338 g/mol. The molecule has 0 radical (unpaired) electrons. The van der Waals surface area contributed by atoms with Crippen LogP contribution >= 0.6 is 15.9 Å². The van der Waals surface area contributed by atoms with Crippen LogP contribution in [0.4, 0.5) is 5.69 Å². The van der Waals surface area contributed by atoms with Gasteiger partial charge in [-0.1, -0.05) is 21.1 Å². The first kappa shape index (κ1) is 15.2. The fourth-order valence-electron chi connectivity index (χ4n) is 1.60. The number of rotatable bonds is 5. The van der Waals surface area contributed by atoms with Crippen molar-refractivity contribution in [1.29, 1.82) is 0 Å². The van der Waals surface area contributed by atoms with Crippen molar-refractivity contribution in [1.82, 2.24) is 10.5 Å². The monoisotopic (exact) mass is 351 g/mol. The van der Waals surface area contributed by atoms with Gasteiger partial charge in [-0.2, -0.15) is 0 Å². The fraction of sp³-hybridized carbons (Fsp3) is 0.214. The molecule has 1 aromatic carbocycles. The number of hydrogen-bond acceptors (Lipinski definition) is 4. The lowest BCUT2D eigenvalue weighted by molar-refractivity contribution is -0.116. The zero-order valence-electron chi connectivity index (χ0n) is 11.4. The number of hydrogen-bond donors (Lipinski definition) is 2. The van der Waals surface area contributed by atoms with Crippen molar-refractivity contribution in [2.24, 2.45) is 0 Å². The minimum absolute atomic E-state index is 0.140. The summed E-state index contributed by atoms with van der Waals surface area (Å²) < 4.78 is 5.76. The molecule has 7 heteroatoms. The van der Waals surface area contributed by atoms with Gasteiger partial charge in [0, 0.05) is 29.2 Å². The van der Waals surface area contributed by atoms with Crippen molar-refractivity contribution >= 4 is 33.4 Å². The second kappa shape index (κ2) is 7.03. The van der Waals surface area contributed by atoms with Gasteiger partial charge in [0.15, 0.2) is 0 Å². The topological polar surface area (TPSA) is 84.2 Å². The summed E-state index contributed by atoms with van der Waals surface area (Å²) in [6, 6.07) is 8.79. The number of carbonyl (C=O) groups is 2. The number of benzene rings is 1. The third-order valence-corrected chi connectivity index (χ3v) is 3.15. The van der Waals surface area contributed by atoms with Crippen LogP contribution in [0.25, 0.3) is 0 Å². The first-order valence-corrected chi connectivity index (χ1v) is 7.11. The maximum absolute atomic E-state index is 11.7. The van der Waals surface area contributed by atoms with E-state index in [2.05, 4.69) is 31.7 Å². The van der Waals surface area contributed by atoms with Crippen molar-refractivity contribution in [3.05, 3.63) is 46.3 Å². The maximum atomic E-state index is 11.7. The molecule has 110 valence electrons. The predicted molar refractivity (Wildman–Crippen MR) is 81.0 cm³/mol. The molecule has 2 N–H and O–H groups in total. The molecule has 2 aromatic rings. The Morgan fingerprint density at radius 2 is 2.00 bits per heavy atom. The quantitative estimate of drug-likeness (QED) is 0.866. The van der Waals surface area contributed by atoms with Gasteiger partial charge in [-0.25, -0.2) is 0 Å². The van der Waals surface area contributed by atoms with E-state index in [4.69, 9.17) is 4.52 Å². The van der Waals surface area contributed by atoms with Crippen LogP contribution in [0, 0.1) is 6.92 Å². The second-order valence-electron chi connectivity index (χ2n) is 4.39. The van der Waals surface area contributed by atoms with E-state index in [1.807, 2.05) is 12.1 Å². The van der Waals surface area contributed by atoms with Crippen LogP contribution in [0.15, 0.2) is 39.3 Å². The number of nitrogens with zero attached hydrogens (tertiary/aromatic N) is 1. The number of aromatic nitrogens is 1. The minimum Gasteiger partial charge on any atom is -0.351 e. The van der Waals surface area contributed by atoms with Crippen LogP contribution in [0.1, 0.15) is 22.7 Å². The Labute approximate surface area is 130 Å². The molecule has 21 heavy (non-hydrogen) atoms. The Hall–Kier alpha value is -2.15. The van der Waals surface area contributed by atoms with E-state index in [1.54, 1.807) is 19.1 Å². The average Bonchev–Trinajstić information content (AvgIpc) is 2.88. The van der Waals surface area contributed by atoms with E-state index in [1.165, 1.54) is 6.07 Å². The first-order valence-electron chi connectivity index (χ1n) is 6.31. The van der Waals surface area contributed by atoms with E-state index >= 15 is 0 Å². The van der Waals surface area contributed by atoms with Gasteiger partial charge in [0.1, 0.15) is 0 Å². The maximum Gasteiger partial charge on any atom is 0.289 e. The molecule has 6 nitrogen and oxygen atoms in total. The summed E-state index contributed by atoms with van der Waals surface area (Å²) in [5.74, 6) is -0.417. The van der Waals surface area contributed by atoms with Crippen molar-refractivity contribution in [3.63, 3.8) is 0 Å². The molecule has 2 amide bonds. The smallest absolute Gasteiger partial charge is 0.289 e. The van der Waals surface area contributed by atoms with Crippen molar-refractivity contribution in [3.8, 4) is 0 Å². The fourth-order valence-corrected chi connectivity index (χ4v) is 1.87. The molecule has 0 spiro atoms. The first-order chi connectivity index (χ1) is 10.0. The van der Waals surface area contributed by atoms with Crippen LogP contribution in [-0.2, 0) is 4.79 Å². The summed E-state index contributed by atoms with van der Waals surface area (Å²) in [6.45, 7) is 1.95. The summed E-state index contributed by atoms with van der Waals surface area (Å²) >= 11 is 3.32. The molecule has 0 unspecified atom stereocenters. The van der Waals surface area contributed by atoms with Crippen LogP contribution in [0.5, 0.6) is 0 Å². The van der Waals surface area contributed by atoms with E-state index in [0.29, 0.717) is 11.4 Å². The zero-order chi connectivity index (χ0) is 15.2. The summed E-state index contributed by atoms with van der Waals surface area (Å²) in [5, 5.41) is 8.96. The number of amides is 2. The Morgan fingerprint density at radius 3 is 2.62 bits per heavy atom. The van der Waals surface area contributed by atoms with Gasteiger partial charge >= 0.3 is 0 Å². The summed E-state index contributed by atoms with van der Waals surface area (Å²) in [6.07, 6.45) is 0.176. The highest BCUT2D eigenvalue weighted by Crippen LogP contribution is 2.14. The standard InChI is InChI=1S/C14H14BrN3O3/c1-9-8-12(21-18-9)14(20)16-7-6-13(19)17-11-4-2-10(15)3-5-11/h2-5,8H,6-7H2,1H3,(H,16,20)(H,17,19). The highest BCUT2D eigenvalue weighted by atomic mass is 79.9. The van der Waals surface area contributed by atoms with Crippen LogP contribution in [0.3, 0.4) is 0 Å². The van der Waals surface area contributed by atoms with Crippen molar-refractivity contribution in [2.45, 2.75) is 13.3 Å². The summed E-state index contributed by atoms with van der Waals surface area (Å²) in [4.78, 5) is 23.4. The third-order valence-electron chi connectivity index (χ3n) is 2.62. The van der Waals surface area contributed by atoms with Crippen molar-refractivity contribution < 1.29 is 14.1 Å². The zero-order valence-corrected chi connectivity index (χ0v) is 12.9. The number of anilines is 1. The van der Waals surface area contributed by atoms with Crippen LogP contribution in [0.2, 0.25) is 0 Å². The van der Waals surface area contributed by atoms with E-state index in [0.717, 1.165) is 4.47 Å². The molecule has 1 aromatic heterocycles. The van der Waals surface area contributed by atoms with Gasteiger partial charge in [0.25, 0.3) is 5.91 Å². The molecular formula is C14H14BrN3O3. The largest absolute Gasteiger partial charge is 0.351 e. The van der Waals surface area contributed by atoms with Gasteiger partial charge in [-0.15, -0.1) is 0 Å². The Kier molecular flexibility index (Phi) is 5.10. The Balaban J connectivity index is 1.74. The average molecular weight is 352 g/mol.